The first-order valence-electron chi connectivity index (χ1n) is 5.71. The first-order valence-corrected chi connectivity index (χ1v) is 5.71. The molecule has 0 radical (unpaired) electrons. The molecule has 1 saturated heterocycles. The van der Waals surface area contributed by atoms with Gasteiger partial charge in [0.05, 0.1) is 13.2 Å². The maximum atomic E-state index is 14.0. The molecule has 3 rings (SSSR count). The molecule has 2 unspecified atom stereocenters. The molecule has 2 aliphatic rings. The van der Waals surface area contributed by atoms with Gasteiger partial charge in [-0.05, 0) is 18.1 Å². The van der Waals surface area contributed by atoms with Crippen LogP contribution in [0.15, 0.2) is 18.2 Å². The lowest BCUT2D eigenvalue weighted by Gasteiger charge is -2.35. The summed E-state index contributed by atoms with van der Waals surface area (Å²) >= 11 is 0. The van der Waals surface area contributed by atoms with Gasteiger partial charge in [-0.1, -0.05) is 18.2 Å². The molecule has 0 saturated carbocycles. The molecule has 3 heteroatoms. The molecule has 2 heterocycles. The van der Waals surface area contributed by atoms with Crippen molar-refractivity contribution in [3.63, 3.8) is 0 Å². The Balaban J connectivity index is 1.97. The van der Waals surface area contributed by atoms with Crippen LogP contribution in [0.4, 0.5) is 4.39 Å². The van der Waals surface area contributed by atoms with E-state index >= 15 is 0 Å². The Bertz CT molecular complexity index is 418. The number of hydrogen-bond donors (Lipinski definition) is 0. The molecule has 0 aromatic heterocycles. The Labute approximate surface area is 94.4 Å². The largest absolute Gasteiger partial charge is 0.483 e. The van der Waals surface area contributed by atoms with Crippen molar-refractivity contribution >= 4 is 0 Å². The standard InChI is InChI=1S/C13H15FO2/c1-9-3-2-4-10-7-13(16-12(9)10)5-6-15-8-11(13)14/h2-4,11H,5-8H2,1H3. The van der Waals surface area contributed by atoms with Gasteiger partial charge in [-0.25, -0.2) is 4.39 Å². The first-order chi connectivity index (χ1) is 7.71. The fraction of sp³-hybridized carbons (Fsp3) is 0.538. The van der Waals surface area contributed by atoms with Gasteiger partial charge in [0.2, 0.25) is 0 Å². The average Bonchev–Trinajstić information content (AvgIpc) is 2.64. The molecule has 0 aliphatic carbocycles. The molecule has 1 aromatic carbocycles. The molecule has 2 nitrogen and oxygen atoms in total. The predicted molar refractivity (Wildman–Crippen MR) is 58.6 cm³/mol. The zero-order chi connectivity index (χ0) is 11.2. The van der Waals surface area contributed by atoms with E-state index in [4.69, 9.17) is 9.47 Å². The lowest BCUT2D eigenvalue weighted by molar-refractivity contribution is -0.0955. The van der Waals surface area contributed by atoms with Gasteiger partial charge in [0.25, 0.3) is 0 Å². The minimum atomic E-state index is -1.02. The van der Waals surface area contributed by atoms with E-state index in [-0.39, 0.29) is 6.61 Å². The van der Waals surface area contributed by atoms with Crippen LogP contribution in [0.1, 0.15) is 17.5 Å². The summed E-state index contributed by atoms with van der Waals surface area (Å²) in [6.07, 6.45) is 0.296. The van der Waals surface area contributed by atoms with Crippen molar-refractivity contribution < 1.29 is 13.9 Å². The van der Waals surface area contributed by atoms with E-state index in [1.54, 1.807) is 0 Å². The van der Waals surface area contributed by atoms with Crippen LogP contribution >= 0.6 is 0 Å². The summed E-state index contributed by atoms with van der Waals surface area (Å²) in [6, 6.07) is 6.03. The molecule has 86 valence electrons. The summed E-state index contributed by atoms with van der Waals surface area (Å²) in [7, 11) is 0. The summed E-state index contributed by atoms with van der Waals surface area (Å²) in [6.45, 7) is 2.75. The van der Waals surface area contributed by atoms with E-state index in [0.717, 1.165) is 16.9 Å². The fourth-order valence-electron chi connectivity index (χ4n) is 2.61. The maximum Gasteiger partial charge on any atom is 0.163 e. The number of alkyl halides is 1. The molecule has 1 aromatic rings. The third-order valence-corrected chi connectivity index (χ3v) is 3.59. The topological polar surface area (TPSA) is 18.5 Å². The first kappa shape index (κ1) is 10.1. The number of para-hydroxylation sites is 1. The Hall–Kier alpha value is -1.09. The lowest BCUT2D eigenvalue weighted by Crippen LogP contribution is -2.50. The number of hydrogen-bond acceptors (Lipinski definition) is 2. The van der Waals surface area contributed by atoms with Crippen molar-refractivity contribution in [2.75, 3.05) is 13.2 Å². The van der Waals surface area contributed by atoms with Crippen molar-refractivity contribution in [1.29, 1.82) is 0 Å². The van der Waals surface area contributed by atoms with Gasteiger partial charge in [0.15, 0.2) is 6.17 Å². The van der Waals surface area contributed by atoms with E-state index in [9.17, 15) is 4.39 Å². The van der Waals surface area contributed by atoms with E-state index in [1.807, 2.05) is 25.1 Å². The Morgan fingerprint density at radius 2 is 2.31 bits per heavy atom. The van der Waals surface area contributed by atoms with Crippen LogP contribution in [0.25, 0.3) is 0 Å². The minimum Gasteiger partial charge on any atom is -0.483 e. The van der Waals surface area contributed by atoms with Crippen molar-refractivity contribution in [2.24, 2.45) is 0 Å². The third-order valence-electron chi connectivity index (χ3n) is 3.59. The highest BCUT2D eigenvalue weighted by Gasteiger charge is 2.48. The molecule has 0 amide bonds. The Kier molecular flexibility index (Phi) is 2.18. The van der Waals surface area contributed by atoms with Crippen LogP contribution in [0.2, 0.25) is 0 Å². The van der Waals surface area contributed by atoms with Crippen LogP contribution in [-0.4, -0.2) is 25.0 Å². The summed E-state index contributed by atoms with van der Waals surface area (Å²) in [5.41, 5.74) is 1.56. The van der Waals surface area contributed by atoms with Crippen LogP contribution in [0.5, 0.6) is 5.75 Å². The van der Waals surface area contributed by atoms with Crippen molar-refractivity contribution in [3.8, 4) is 5.75 Å². The fourth-order valence-corrected chi connectivity index (χ4v) is 2.61. The molecule has 2 aliphatic heterocycles. The van der Waals surface area contributed by atoms with Gasteiger partial charge in [0, 0.05) is 12.8 Å². The van der Waals surface area contributed by atoms with E-state index in [0.29, 0.717) is 19.4 Å². The van der Waals surface area contributed by atoms with Crippen LogP contribution in [0, 0.1) is 6.92 Å². The molecular formula is C13H15FO2. The molecule has 2 atom stereocenters. The Morgan fingerprint density at radius 1 is 1.44 bits per heavy atom. The molecule has 16 heavy (non-hydrogen) atoms. The molecule has 1 fully saturated rings. The van der Waals surface area contributed by atoms with E-state index < -0.39 is 11.8 Å². The summed E-state index contributed by atoms with van der Waals surface area (Å²) in [4.78, 5) is 0. The number of rotatable bonds is 0. The second-order valence-electron chi connectivity index (χ2n) is 4.70. The zero-order valence-corrected chi connectivity index (χ0v) is 9.33. The Morgan fingerprint density at radius 3 is 3.06 bits per heavy atom. The summed E-state index contributed by atoms with van der Waals surface area (Å²) < 4.78 is 25.1. The maximum absolute atomic E-state index is 14.0. The highest BCUT2D eigenvalue weighted by molar-refractivity contribution is 5.45. The number of benzene rings is 1. The highest BCUT2D eigenvalue weighted by atomic mass is 19.1. The van der Waals surface area contributed by atoms with Crippen molar-refractivity contribution in [1.82, 2.24) is 0 Å². The quantitative estimate of drug-likeness (QED) is 0.671. The molecule has 1 spiro atoms. The normalized spacial score (nSPS) is 32.5. The summed E-state index contributed by atoms with van der Waals surface area (Å²) in [5.74, 6) is 0.882. The van der Waals surface area contributed by atoms with Gasteiger partial charge in [-0.3, -0.25) is 0 Å². The van der Waals surface area contributed by atoms with Crippen LogP contribution in [-0.2, 0) is 11.2 Å². The highest BCUT2D eigenvalue weighted by Crippen LogP contribution is 2.43. The summed E-state index contributed by atoms with van der Waals surface area (Å²) in [5, 5.41) is 0. The molecule has 0 N–H and O–H groups in total. The number of fused-ring (bicyclic) bond motifs is 1. The monoisotopic (exact) mass is 222 g/mol. The van der Waals surface area contributed by atoms with E-state index in [1.165, 1.54) is 0 Å². The van der Waals surface area contributed by atoms with Gasteiger partial charge >= 0.3 is 0 Å². The lowest BCUT2D eigenvalue weighted by atomic mass is 9.88. The number of halogens is 1. The SMILES string of the molecule is Cc1cccc2c1OC1(CCOCC1F)C2. The van der Waals surface area contributed by atoms with Crippen LogP contribution in [0.3, 0.4) is 0 Å². The predicted octanol–water partition coefficient (Wildman–Crippen LogP) is 2.43. The minimum absolute atomic E-state index is 0.160. The van der Waals surface area contributed by atoms with Crippen LogP contribution < -0.4 is 4.74 Å². The van der Waals surface area contributed by atoms with Crippen molar-refractivity contribution in [2.45, 2.75) is 31.5 Å². The average molecular weight is 222 g/mol. The van der Waals surface area contributed by atoms with E-state index in [2.05, 4.69) is 0 Å². The van der Waals surface area contributed by atoms with Gasteiger partial charge in [-0.2, -0.15) is 0 Å². The number of ether oxygens (including phenoxy) is 2. The second kappa shape index (κ2) is 3.45. The third kappa shape index (κ3) is 1.34. The second-order valence-corrected chi connectivity index (χ2v) is 4.70. The number of aryl methyl sites for hydroxylation is 1. The van der Waals surface area contributed by atoms with Gasteiger partial charge < -0.3 is 9.47 Å². The zero-order valence-electron chi connectivity index (χ0n) is 9.33. The van der Waals surface area contributed by atoms with Gasteiger partial charge in [0.1, 0.15) is 11.4 Å². The molecule has 0 bridgehead atoms. The van der Waals surface area contributed by atoms with Crippen molar-refractivity contribution in [3.05, 3.63) is 29.3 Å². The molecular weight excluding hydrogens is 207 g/mol. The van der Waals surface area contributed by atoms with Gasteiger partial charge in [-0.15, -0.1) is 0 Å². The smallest absolute Gasteiger partial charge is 0.163 e.